The lowest BCUT2D eigenvalue weighted by atomic mass is 9.70. The average Bonchev–Trinajstić information content (AvgIpc) is 2.12. The Labute approximate surface area is 115 Å². The number of hydrogen-bond acceptors (Lipinski definition) is 2. The van der Waals surface area contributed by atoms with E-state index in [4.69, 9.17) is 0 Å². The highest BCUT2D eigenvalue weighted by molar-refractivity contribution is 5.03. The minimum absolute atomic E-state index is 0.240. The van der Waals surface area contributed by atoms with E-state index in [1.165, 1.54) is 0 Å². The Bertz CT molecular complexity index is 253. The lowest BCUT2D eigenvalue weighted by molar-refractivity contribution is -0.0467. The first kappa shape index (κ1) is 16.0. The molecule has 0 aromatic heterocycles. The summed E-state index contributed by atoms with van der Waals surface area (Å²) in [5, 5.41) is 3.78. The molecule has 0 amide bonds. The van der Waals surface area contributed by atoms with Crippen LogP contribution in [0.25, 0.3) is 0 Å². The zero-order valence-corrected chi connectivity index (χ0v) is 14.0. The van der Waals surface area contributed by atoms with Crippen molar-refractivity contribution >= 4 is 0 Å². The van der Waals surface area contributed by atoms with Crippen LogP contribution in [0, 0.1) is 10.8 Å². The molecule has 0 aliphatic carbocycles. The summed E-state index contributed by atoms with van der Waals surface area (Å²) in [6.07, 6.45) is 0. The van der Waals surface area contributed by atoms with E-state index in [2.05, 4.69) is 72.5 Å². The van der Waals surface area contributed by atoms with Gasteiger partial charge in [-0.1, -0.05) is 41.5 Å². The molecule has 1 N–H and O–H groups in total. The van der Waals surface area contributed by atoms with Crippen molar-refractivity contribution in [1.82, 2.24) is 10.2 Å². The molecule has 2 nitrogen and oxygen atoms in total. The van der Waals surface area contributed by atoms with E-state index in [9.17, 15) is 0 Å². The maximum Gasteiger partial charge on any atom is 0.0308 e. The fourth-order valence-electron chi connectivity index (χ4n) is 3.27. The Balaban J connectivity index is 3.14. The summed E-state index contributed by atoms with van der Waals surface area (Å²) in [6, 6.07) is 1.12. The van der Waals surface area contributed by atoms with Crippen LogP contribution in [0.4, 0.5) is 0 Å². The highest BCUT2D eigenvalue weighted by atomic mass is 15.3. The van der Waals surface area contributed by atoms with Gasteiger partial charge in [-0.3, -0.25) is 4.90 Å². The minimum Gasteiger partial charge on any atom is -0.311 e. The van der Waals surface area contributed by atoms with Crippen LogP contribution in [0.5, 0.6) is 0 Å². The SMILES string of the molecule is CC(C)(C)C1NCCN(C(C)(C)C)C1C(C)(C)C. The van der Waals surface area contributed by atoms with Gasteiger partial charge in [0.2, 0.25) is 0 Å². The third-order valence-corrected chi connectivity index (χ3v) is 4.05. The molecule has 0 aromatic rings. The number of rotatable bonds is 0. The minimum atomic E-state index is 0.240. The van der Waals surface area contributed by atoms with Gasteiger partial charge < -0.3 is 5.32 Å². The lowest BCUT2D eigenvalue weighted by Crippen LogP contribution is -2.69. The zero-order chi connectivity index (χ0) is 14.4. The molecular formula is C16H34N2. The van der Waals surface area contributed by atoms with Crippen molar-refractivity contribution in [2.45, 2.75) is 79.9 Å². The van der Waals surface area contributed by atoms with Gasteiger partial charge >= 0.3 is 0 Å². The predicted molar refractivity (Wildman–Crippen MR) is 80.9 cm³/mol. The van der Waals surface area contributed by atoms with Gasteiger partial charge in [0.25, 0.3) is 0 Å². The third-order valence-electron chi connectivity index (χ3n) is 4.05. The molecule has 0 saturated carbocycles. The summed E-state index contributed by atoms with van der Waals surface area (Å²) in [4.78, 5) is 2.71. The largest absolute Gasteiger partial charge is 0.311 e. The van der Waals surface area contributed by atoms with E-state index in [0.29, 0.717) is 22.9 Å². The molecule has 1 rings (SSSR count). The Morgan fingerprint density at radius 3 is 1.67 bits per heavy atom. The van der Waals surface area contributed by atoms with Crippen molar-refractivity contribution in [3.63, 3.8) is 0 Å². The second kappa shape index (κ2) is 4.79. The van der Waals surface area contributed by atoms with Crippen LogP contribution in [0.3, 0.4) is 0 Å². The predicted octanol–water partition coefficient (Wildman–Crippen LogP) is 3.52. The van der Waals surface area contributed by atoms with Gasteiger partial charge in [-0.15, -0.1) is 0 Å². The second-order valence-electron chi connectivity index (χ2n) is 8.97. The standard InChI is InChI=1S/C16H34N2/c1-14(2,3)12-13(15(4,5)6)18(11-10-17-12)16(7,8)9/h12-13,17H,10-11H2,1-9H3. The van der Waals surface area contributed by atoms with E-state index in [1.54, 1.807) is 0 Å². The molecule has 1 fully saturated rings. The molecule has 1 heterocycles. The first-order valence-electron chi connectivity index (χ1n) is 7.35. The average molecular weight is 254 g/mol. The van der Waals surface area contributed by atoms with Crippen LogP contribution in [-0.2, 0) is 0 Å². The first-order chi connectivity index (χ1) is 7.85. The van der Waals surface area contributed by atoms with Gasteiger partial charge in [-0.05, 0) is 31.6 Å². The molecule has 18 heavy (non-hydrogen) atoms. The van der Waals surface area contributed by atoms with Crippen molar-refractivity contribution in [3.8, 4) is 0 Å². The fourth-order valence-corrected chi connectivity index (χ4v) is 3.27. The maximum atomic E-state index is 3.78. The van der Waals surface area contributed by atoms with E-state index in [-0.39, 0.29) is 5.54 Å². The molecular weight excluding hydrogens is 220 g/mol. The fraction of sp³-hybridized carbons (Fsp3) is 1.00. The maximum absolute atomic E-state index is 3.78. The summed E-state index contributed by atoms with van der Waals surface area (Å²) < 4.78 is 0. The van der Waals surface area contributed by atoms with Crippen molar-refractivity contribution in [1.29, 1.82) is 0 Å². The molecule has 0 radical (unpaired) electrons. The van der Waals surface area contributed by atoms with Gasteiger partial charge in [0.05, 0.1) is 0 Å². The topological polar surface area (TPSA) is 15.3 Å². The molecule has 2 heteroatoms. The molecule has 2 unspecified atom stereocenters. The van der Waals surface area contributed by atoms with Crippen LogP contribution in [0.15, 0.2) is 0 Å². The highest BCUT2D eigenvalue weighted by Gasteiger charge is 2.46. The van der Waals surface area contributed by atoms with Crippen molar-refractivity contribution < 1.29 is 0 Å². The van der Waals surface area contributed by atoms with Crippen molar-refractivity contribution in [2.24, 2.45) is 10.8 Å². The van der Waals surface area contributed by atoms with Crippen LogP contribution in [0.1, 0.15) is 62.3 Å². The number of nitrogens with zero attached hydrogens (tertiary/aromatic N) is 1. The summed E-state index contributed by atoms with van der Waals surface area (Å²) in [5.74, 6) is 0. The van der Waals surface area contributed by atoms with E-state index < -0.39 is 0 Å². The summed E-state index contributed by atoms with van der Waals surface area (Å²) >= 11 is 0. The zero-order valence-electron chi connectivity index (χ0n) is 14.0. The van der Waals surface area contributed by atoms with Crippen LogP contribution in [-0.4, -0.2) is 35.6 Å². The van der Waals surface area contributed by atoms with E-state index in [1.807, 2.05) is 0 Å². The second-order valence-corrected chi connectivity index (χ2v) is 8.97. The van der Waals surface area contributed by atoms with Crippen LogP contribution >= 0.6 is 0 Å². The molecule has 2 atom stereocenters. The highest BCUT2D eigenvalue weighted by Crippen LogP contribution is 2.39. The van der Waals surface area contributed by atoms with Gasteiger partial charge in [-0.25, -0.2) is 0 Å². The van der Waals surface area contributed by atoms with Gasteiger partial charge in [-0.2, -0.15) is 0 Å². The Kier molecular flexibility index (Phi) is 4.25. The van der Waals surface area contributed by atoms with Crippen LogP contribution in [0.2, 0.25) is 0 Å². The number of nitrogens with one attached hydrogen (secondary N) is 1. The molecule has 0 bridgehead atoms. The van der Waals surface area contributed by atoms with Gasteiger partial charge in [0.15, 0.2) is 0 Å². The quantitative estimate of drug-likeness (QED) is 0.711. The monoisotopic (exact) mass is 254 g/mol. The normalized spacial score (nSPS) is 28.5. The molecule has 1 aliphatic heterocycles. The molecule has 1 saturated heterocycles. The van der Waals surface area contributed by atoms with Gasteiger partial charge in [0, 0.05) is 30.7 Å². The number of piperazine rings is 1. The van der Waals surface area contributed by atoms with E-state index >= 15 is 0 Å². The van der Waals surface area contributed by atoms with Crippen molar-refractivity contribution in [3.05, 3.63) is 0 Å². The summed E-state index contributed by atoms with van der Waals surface area (Å²) in [6.45, 7) is 23.5. The summed E-state index contributed by atoms with van der Waals surface area (Å²) in [5.41, 5.74) is 0.823. The lowest BCUT2D eigenvalue weighted by Gasteiger charge is -2.56. The Morgan fingerprint density at radius 1 is 0.833 bits per heavy atom. The van der Waals surface area contributed by atoms with E-state index in [0.717, 1.165) is 13.1 Å². The van der Waals surface area contributed by atoms with Gasteiger partial charge in [0.1, 0.15) is 0 Å². The smallest absolute Gasteiger partial charge is 0.0308 e. The first-order valence-corrected chi connectivity index (χ1v) is 7.35. The number of hydrogen-bond donors (Lipinski definition) is 1. The summed E-state index contributed by atoms with van der Waals surface area (Å²) in [7, 11) is 0. The Morgan fingerprint density at radius 2 is 1.33 bits per heavy atom. The molecule has 108 valence electrons. The molecule has 0 aromatic carbocycles. The molecule has 0 spiro atoms. The Hall–Kier alpha value is -0.0800. The van der Waals surface area contributed by atoms with Crippen LogP contribution < -0.4 is 5.32 Å². The molecule has 1 aliphatic rings. The third kappa shape index (κ3) is 3.48. The van der Waals surface area contributed by atoms with Crippen molar-refractivity contribution in [2.75, 3.05) is 13.1 Å².